The summed E-state index contributed by atoms with van der Waals surface area (Å²) in [4.78, 5) is 46.6. The molecule has 0 radical (unpaired) electrons. The zero-order valence-electron chi connectivity index (χ0n) is 22.7. The molecular weight excluding hydrogens is 564 g/mol. The molecule has 0 fully saturated rings. The van der Waals surface area contributed by atoms with Crippen molar-refractivity contribution >= 4 is 39.3 Å². The maximum atomic E-state index is 13.0. The minimum absolute atomic E-state index is 0.0545. The summed E-state index contributed by atoms with van der Waals surface area (Å²) in [6, 6.07) is 13.0. The maximum Gasteiger partial charge on any atom is 0.265 e. The topological polar surface area (TPSA) is 238 Å². The normalized spacial score (nSPS) is 12.6. The fraction of sp³-hybridized carbons (Fsp3) is 0.296. The van der Waals surface area contributed by atoms with Crippen LogP contribution >= 0.6 is 0 Å². The van der Waals surface area contributed by atoms with Gasteiger partial charge in [0, 0.05) is 18.7 Å². The van der Waals surface area contributed by atoms with E-state index in [0.717, 1.165) is 0 Å². The van der Waals surface area contributed by atoms with E-state index in [1.807, 2.05) is 0 Å². The number of hydrogen-bond donors (Lipinski definition) is 6. The third kappa shape index (κ3) is 10.7. The van der Waals surface area contributed by atoms with E-state index in [1.54, 1.807) is 54.6 Å². The largest absolute Gasteiger partial charge is 0.442 e. The van der Waals surface area contributed by atoms with Crippen LogP contribution in [0.2, 0.25) is 0 Å². The Morgan fingerprint density at radius 1 is 1.00 bits per heavy atom. The van der Waals surface area contributed by atoms with Gasteiger partial charge in [-0.05, 0) is 36.1 Å². The zero-order valence-corrected chi connectivity index (χ0v) is 23.5. The third-order valence-corrected chi connectivity index (χ3v) is 7.25. The summed E-state index contributed by atoms with van der Waals surface area (Å²) in [5, 5.41) is 5.02. The molecule has 224 valence electrons. The van der Waals surface area contributed by atoms with Crippen LogP contribution in [0.3, 0.4) is 0 Å². The number of carbonyl (C=O) groups excluding carboxylic acids is 3. The Hall–Kier alpha value is -4.76. The van der Waals surface area contributed by atoms with Crippen molar-refractivity contribution in [2.75, 3.05) is 18.8 Å². The molecule has 0 saturated heterocycles. The lowest BCUT2D eigenvalue weighted by Crippen LogP contribution is -2.51. The van der Waals surface area contributed by atoms with Crippen LogP contribution in [0.15, 0.2) is 76.5 Å². The van der Waals surface area contributed by atoms with Gasteiger partial charge >= 0.3 is 0 Å². The molecule has 0 aliphatic rings. The van der Waals surface area contributed by atoms with E-state index < -0.39 is 46.2 Å². The highest BCUT2D eigenvalue weighted by atomic mass is 32.2. The van der Waals surface area contributed by atoms with E-state index in [0.29, 0.717) is 16.8 Å². The summed E-state index contributed by atoms with van der Waals surface area (Å²) in [7, 11) is -3.93. The number of aromatic nitrogens is 1. The van der Waals surface area contributed by atoms with Crippen LogP contribution in [-0.2, 0) is 31.8 Å². The highest BCUT2D eigenvalue weighted by molar-refractivity contribution is 7.88. The number of nitrogens with zero attached hydrogens (tertiary/aromatic N) is 2. The molecule has 1 heterocycles. The van der Waals surface area contributed by atoms with Gasteiger partial charge in [-0.1, -0.05) is 42.5 Å². The van der Waals surface area contributed by atoms with Crippen molar-refractivity contribution in [2.24, 2.45) is 16.5 Å². The fourth-order valence-electron chi connectivity index (χ4n) is 3.99. The van der Waals surface area contributed by atoms with Crippen molar-refractivity contribution in [3.63, 3.8) is 0 Å². The summed E-state index contributed by atoms with van der Waals surface area (Å²) < 4.78 is 33.2. The molecule has 0 aliphatic carbocycles. The molecular formula is C27H34N8O6S. The number of anilines is 1. The number of rotatable bonds is 16. The molecule has 2 amide bonds. The number of carbonyl (C=O) groups is 3. The number of nitrogens with two attached hydrogens (primary N) is 3. The first-order valence-electron chi connectivity index (χ1n) is 13.0. The zero-order chi connectivity index (χ0) is 30.5. The maximum absolute atomic E-state index is 13.0. The van der Waals surface area contributed by atoms with Crippen LogP contribution in [0, 0.1) is 0 Å². The van der Waals surface area contributed by atoms with E-state index in [4.69, 9.17) is 21.6 Å². The molecule has 3 rings (SSSR count). The Balaban J connectivity index is 1.66. The Morgan fingerprint density at radius 2 is 1.74 bits per heavy atom. The van der Waals surface area contributed by atoms with E-state index >= 15 is 0 Å². The molecule has 1 aromatic heterocycles. The highest BCUT2D eigenvalue weighted by Crippen LogP contribution is 2.12. The third-order valence-electron chi connectivity index (χ3n) is 5.89. The van der Waals surface area contributed by atoms with Crippen LogP contribution < -0.4 is 32.6 Å². The molecule has 2 aromatic carbocycles. The van der Waals surface area contributed by atoms with Crippen molar-refractivity contribution in [1.29, 1.82) is 0 Å². The molecule has 0 saturated carbocycles. The minimum atomic E-state index is -3.93. The predicted molar refractivity (Wildman–Crippen MR) is 156 cm³/mol. The van der Waals surface area contributed by atoms with Crippen LogP contribution in [0.4, 0.5) is 5.69 Å². The van der Waals surface area contributed by atoms with E-state index in [9.17, 15) is 22.8 Å². The van der Waals surface area contributed by atoms with Gasteiger partial charge in [-0.3, -0.25) is 19.4 Å². The first-order valence-corrected chi connectivity index (χ1v) is 14.6. The Morgan fingerprint density at radius 3 is 2.40 bits per heavy atom. The van der Waals surface area contributed by atoms with Gasteiger partial charge < -0.3 is 32.3 Å². The van der Waals surface area contributed by atoms with Gasteiger partial charge in [0.05, 0.1) is 18.5 Å². The number of hydrogen-bond acceptors (Lipinski definition) is 9. The second kappa shape index (κ2) is 15.3. The van der Waals surface area contributed by atoms with Crippen LogP contribution in [0.25, 0.3) is 0 Å². The summed E-state index contributed by atoms with van der Waals surface area (Å²) in [6.45, 7) is -0.364. The number of sulfonamides is 1. The lowest BCUT2D eigenvalue weighted by Gasteiger charge is -2.20. The average Bonchev–Trinajstić information content (AvgIpc) is 3.48. The number of ketones is 1. The SMILES string of the molecule is NC(N)=NCCC[C@@H](NS(=O)(=O)Cc1ccccc1)C(=O)NCC(=O)N[C@@H](Cc1cccc(N)c1)C(=O)c1ncco1. The van der Waals surface area contributed by atoms with Crippen LogP contribution in [0.1, 0.15) is 34.7 Å². The lowest BCUT2D eigenvalue weighted by molar-refractivity contribution is -0.127. The van der Waals surface area contributed by atoms with Gasteiger partial charge in [0.1, 0.15) is 18.3 Å². The van der Waals surface area contributed by atoms with Crippen molar-refractivity contribution in [2.45, 2.75) is 37.1 Å². The average molecular weight is 599 g/mol. The number of nitrogen functional groups attached to an aromatic ring is 1. The van der Waals surface area contributed by atoms with Gasteiger partial charge in [0.2, 0.25) is 27.6 Å². The summed E-state index contributed by atoms with van der Waals surface area (Å²) in [6.07, 6.45) is 2.96. The second-order valence-electron chi connectivity index (χ2n) is 9.35. The fourth-order valence-corrected chi connectivity index (χ4v) is 5.37. The quantitative estimate of drug-likeness (QED) is 0.0418. The van der Waals surface area contributed by atoms with E-state index in [1.165, 1.54) is 12.5 Å². The van der Waals surface area contributed by atoms with Gasteiger partial charge in [-0.2, -0.15) is 0 Å². The second-order valence-corrected chi connectivity index (χ2v) is 11.1. The molecule has 42 heavy (non-hydrogen) atoms. The Kier molecular flexibility index (Phi) is 11.6. The van der Waals surface area contributed by atoms with E-state index in [2.05, 4.69) is 25.3 Å². The monoisotopic (exact) mass is 598 g/mol. The van der Waals surface area contributed by atoms with Gasteiger partial charge in [-0.15, -0.1) is 0 Å². The summed E-state index contributed by atoms with van der Waals surface area (Å²) in [5.41, 5.74) is 18.2. The Bertz CT molecular complexity index is 1480. The molecule has 9 N–H and O–H groups in total. The predicted octanol–water partition coefficient (Wildman–Crippen LogP) is -0.175. The molecule has 14 nitrogen and oxygen atoms in total. The molecule has 0 unspecified atom stereocenters. The molecule has 0 aliphatic heterocycles. The number of aliphatic imine (C=N–C) groups is 1. The number of benzene rings is 2. The minimum Gasteiger partial charge on any atom is -0.442 e. The summed E-state index contributed by atoms with van der Waals surface area (Å²) >= 11 is 0. The molecule has 2 atom stereocenters. The molecule has 3 aromatic rings. The van der Waals surface area contributed by atoms with Crippen molar-refractivity contribution in [1.82, 2.24) is 20.3 Å². The van der Waals surface area contributed by atoms with E-state index in [-0.39, 0.29) is 43.4 Å². The lowest BCUT2D eigenvalue weighted by atomic mass is 10.0. The van der Waals surface area contributed by atoms with Gasteiger partial charge in [-0.25, -0.2) is 18.1 Å². The summed E-state index contributed by atoms with van der Waals surface area (Å²) in [5.74, 6) is -2.68. The number of Topliss-reactive ketones (excluding diaryl/α,β-unsaturated/α-hetero) is 1. The van der Waals surface area contributed by atoms with Crippen molar-refractivity contribution in [3.8, 4) is 0 Å². The highest BCUT2D eigenvalue weighted by Gasteiger charge is 2.28. The number of oxazole rings is 1. The smallest absolute Gasteiger partial charge is 0.265 e. The Labute approximate surface area is 243 Å². The molecule has 0 spiro atoms. The van der Waals surface area contributed by atoms with Crippen LogP contribution in [0.5, 0.6) is 0 Å². The number of guanidine groups is 1. The van der Waals surface area contributed by atoms with Crippen molar-refractivity contribution < 1.29 is 27.2 Å². The van der Waals surface area contributed by atoms with Gasteiger partial charge in [0.25, 0.3) is 5.89 Å². The standard InChI is InChI=1S/C27H34N8O6S/c28-20-9-4-8-19(14-20)15-22(24(37)26-31-12-13-41-26)34-23(36)16-33-25(38)21(10-5-11-32-27(29)30)35-42(39,40)17-18-6-2-1-3-7-18/h1-4,6-9,12-14,21-22,35H,5,10-11,15-17,28H2,(H,33,38)(H,34,36)(H4,29,30,32)/t21-,22+/m1/s1. The molecule has 0 bridgehead atoms. The number of nitrogens with one attached hydrogen (secondary N) is 3. The van der Waals surface area contributed by atoms with Crippen LogP contribution in [-0.4, -0.2) is 62.1 Å². The van der Waals surface area contributed by atoms with Crippen molar-refractivity contribution in [3.05, 3.63) is 84.1 Å². The first-order chi connectivity index (χ1) is 20.0. The molecule has 15 heteroatoms. The first kappa shape index (κ1) is 31.8. The van der Waals surface area contributed by atoms with Gasteiger partial charge in [0.15, 0.2) is 5.96 Å². The number of amides is 2.